The van der Waals surface area contributed by atoms with Gasteiger partial charge in [0.1, 0.15) is 0 Å². The van der Waals surface area contributed by atoms with Crippen molar-refractivity contribution >= 4 is 15.9 Å². The lowest BCUT2D eigenvalue weighted by Gasteiger charge is -2.19. The van der Waals surface area contributed by atoms with E-state index in [2.05, 4.69) is 26.2 Å². The second-order valence-electron chi connectivity index (χ2n) is 4.59. The SMILES string of the molecule is CCCn1nncc1C(N)c1ccc(Br)cc1C(F)(F)F. The fourth-order valence-corrected chi connectivity index (χ4v) is 2.46. The van der Waals surface area contributed by atoms with Crippen LogP contribution >= 0.6 is 15.9 Å². The molecule has 114 valence electrons. The number of halogens is 4. The third-order valence-corrected chi connectivity index (χ3v) is 3.55. The highest BCUT2D eigenvalue weighted by Crippen LogP contribution is 2.37. The number of aromatic nitrogens is 3. The van der Waals surface area contributed by atoms with Crippen molar-refractivity contribution < 1.29 is 13.2 Å². The third kappa shape index (κ3) is 3.44. The minimum atomic E-state index is -4.47. The largest absolute Gasteiger partial charge is 0.416 e. The Morgan fingerprint density at radius 2 is 2.10 bits per heavy atom. The van der Waals surface area contributed by atoms with E-state index >= 15 is 0 Å². The van der Waals surface area contributed by atoms with Gasteiger partial charge in [-0.05, 0) is 24.1 Å². The lowest BCUT2D eigenvalue weighted by molar-refractivity contribution is -0.138. The van der Waals surface area contributed by atoms with E-state index in [1.807, 2.05) is 6.92 Å². The molecule has 0 fully saturated rings. The molecule has 1 aromatic carbocycles. The average molecular weight is 363 g/mol. The summed E-state index contributed by atoms with van der Waals surface area (Å²) in [5.74, 6) is 0. The van der Waals surface area contributed by atoms with Crippen molar-refractivity contribution in [3.63, 3.8) is 0 Å². The second-order valence-corrected chi connectivity index (χ2v) is 5.50. The van der Waals surface area contributed by atoms with Crippen LogP contribution < -0.4 is 5.73 Å². The van der Waals surface area contributed by atoms with E-state index in [-0.39, 0.29) is 5.56 Å². The van der Waals surface area contributed by atoms with Crippen LogP contribution in [-0.2, 0) is 12.7 Å². The number of nitrogens with two attached hydrogens (primary N) is 1. The summed E-state index contributed by atoms with van der Waals surface area (Å²) in [7, 11) is 0. The molecule has 0 aliphatic rings. The lowest BCUT2D eigenvalue weighted by Crippen LogP contribution is -2.21. The Balaban J connectivity index is 2.48. The van der Waals surface area contributed by atoms with E-state index in [1.54, 1.807) is 6.07 Å². The monoisotopic (exact) mass is 362 g/mol. The molecule has 2 aromatic rings. The third-order valence-electron chi connectivity index (χ3n) is 3.06. The van der Waals surface area contributed by atoms with Crippen LogP contribution in [0.5, 0.6) is 0 Å². The van der Waals surface area contributed by atoms with Crippen LogP contribution in [0.4, 0.5) is 13.2 Å². The molecule has 1 heterocycles. The summed E-state index contributed by atoms with van der Waals surface area (Å²) in [4.78, 5) is 0. The number of benzene rings is 1. The average Bonchev–Trinajstić information content (AvgIpc) is 2.85. The van der Waals surface area contributed by atoms with Gasteiger partial charge in [0.05, 0.1) is 23.5 Å². The molecule has 2 rings (SSSR count). The molecule has 0 radical (unpaired) electrons. The van der Waals surface area contributed by atoms with Crippen molar-refractivity contribution in [3.05, 3.63) is 45.7 Å². The minimum Gasteiger partial charge on any atom is -0.319 e. The van der Waals surface area contributed by atoms with Crippen molar-refractivity contribution in [1.82, 2.24) is 15.0 Å². The van der Waals surface area contributed by atoms with E-state index in [4.69, 9.17) is 5.73 Å². The molecule has 1 atom stereocenters. The van der Waals surface area contributed by atoms with Crippen molar-refractivity contribution in [2.45, 2.75) is 32.1 Å². The Bertz CT molecular complexity index is 624. The Kier molecular flexibility index (Phi) is 4.67. The molecule has 21 heavy (non-hydrogen) atoms. The van der Waals surface area contributed by atoms with Gasteiger partial charge < -0.3 is 5.73 Å². The highest BCUT2D eigenvalue weighted by atomic mass is 79.9. The van der Waals surface area contributed by atoms with Gasteiger partial charge in [0.25, 0.3) is 0 Å². The molecule has 0 spiro atoms. The van der Waals surface area contributed by atoms with E-state index in [0.29, 0.717) is 16.7 Å². The van der Waals surface area contributed by atoms with Gasteiger partial charge in [-0.2, -0.15) is 13.2 Å². The molecule has 0 bridgehead atoms. The van der Waals surface area contributed by atoms with Gasteiger partial charge in [-0.15, -0.1) is 5.10 Å². The van der Waals surface area contributed by atoms with E-state index < -0.39 is 17.8 Å². The summed E-state index contributed by atoms with van der Waals surface area (Å²) < 4.78 is 41.4. The zero-order chi connectivity index (χ0) is 15.6. The summed E-state index contributed by atoms with van der Waals surface area (Å²) >= 11 is 3.06. The van der Waals surface area contributed by atoms with E-state index in [1.165, 1.54) is 16.9 Å². The van der Waals surface area contributed by atoms with Crippen LogP contribution in [0.2, 0.25) is 0 Å². The smallest absolute Gasteiger partial charge is 0.319 e. The quantitative estimate of drug-likeness (QED) is 0.905. The summed E-state index contributed by atoms with van der Waals surface area (Å²) in [5.41, 5.74) is 5.73. The Morgan fingerprint density at radius 1 is 1.38 bits per heavy atom. The van der Waals surface area contributed by atoms with Crippen LogP contribution in [0.1, 0.15) is 36.2 Å². The van der Waals surface area contributed by atoms with Gasteiger partial charge in [-0.1, -0.05) is 34.1 Å². The first kappa shape index (κ1) is 16.0. The Hall–Kier alpha value is -1.41. The van der Waals surface area contributed by atoms with Crippen molar-refractivity contribution in [2.24, 2.45) is 5.73 Å². The standard InChI is InChI=1S/C13H14BrF3N4/c1-2-5-21-11(7-19-20-21)12(18)9-4-3-8(14)6-10(9)13(15,16)17/h3-4,6-7,12H,2,5,18H2,1H3. The van der Waals surface area contributed by atoms with Gasteiger partial charge in [-0.25, -0.2) is 4.68 Å². The molecular formula is C13H14BrF3N4. The predicted octanol–water partition coefficient (Wildman–Crippen LogP) is 3.52. The number of nitrogens with zero attached hydrogens (tertiary/aromatic N) is 3. The summed E-state index contributed by atoms with van der Waals surface area (Å²) in [6, 6.07) is 3.01. The van der Waals surface area contributed by atoms with Crippen molar-refractivity contribution in [1.29, 1.82) is 0 Å². The van der Waals surface area contributed by atoms with Crippen LogP contribution in [0.3, 0.4) is 0 Å². The minimum absolute atomic E-state index is 0.00496. The van der Waals surface area contributed by atoms with Gasteiger partial charge in [0, 0.05) is 11.0 Å². The summed E-state index contributed by atoms with van der Waals surface area (Å²) in [6.45, 7) is 2.50. The van der Waals surface area contributed by atoms with Crippen molar-refractivity contribution in [2.75, 3.05) is 0 Å². The molecule has 0 saturated heterocycles. The predicted molar refractivity (Wildman–Crippen MR) is 75.5 cm³/mol. The number of hydrogen-bond donors (Lipinski definition) is 1. The van der Waals surface area contributed by atoms with Crippen LogP contribution in [0, 0.1) is 0 Å². The maximum Gasteiger partial charge on any atom is 0.416 e. The fourth-order valence-electron chi connectivity index (χ4n) is 2.10. The van der Waals surface area contributed by atoms with Crippen LogP contribution in [0.15, 0.2) is 28.9 Å². The molecule has 1 aromatic heterocycles. The van der Waals surface area contributed by atoms with Gasteiger partial charge in [0.15, 0.2) is 0 Å². The first-order valence-electron chi connectivity index (χ1n) is 6.35. The molecule has 0 amide bonds. The maximum absolute atomic E-state index is 13.2. The molecule has 0 aliphatic heterocycles. The molecular weight excluding hydrogens is 349 g/mol. The lowest BCUT2D eigenvalue weighted by atomic mass is 9.98. The molecule has 0 aliphatic carbocycles. The number of hydrogen-bond acceptors (Lipinski definition) is 3. The molecule has 0 saturated carbocycles. The van der Waals surface area contributed by atoms with Crippen molar-refractivity contribution in [3.8, 4) is 0 Å². The van der Waals surface area contributed by atoms with E-state index in [9.17, 15) is 13.2 Å². The number of rotatable bonds is 4. The summed E-state index contributed by atoms with van der Waals surface area (Å²) in [5, 5.41) is 7.60. The zero-order valence-corrected chi connectivity index (χ0v) is 12.8. The first-order valence-corrected chi connectivity index (χ1v) is 7.14. The highest BCUT2D eigenvalue weighted by Gasteiger charge is 2.35. The Labute approximate surface area is 128 Å². The topological polar surface area (TPSA) is 56.7 Å². The molecule has 4 nitrogen and oxygen atoms in total. The fraction of sp³-hybridized carbons (Fsp3) is 0.385. The highest BCUT2D eigenvalue weighted by molar-refractivity contribution is 9.10. The van der Waals surface area contributed by atoms with Gasteiger partial charge >= 0.3 is 6.18 Å². The van der Waals surface area contributed by atoms with Crippen LogP contribution in [-0.4, -0.2) is 15.0 Å². The summed E-state index contributed by atoms with van der Waals surface area (Å²) in [6.07, 6.45) is -2.28. The Morgan fingerprint density at radius 3 is 2.71 bits per heavy atom. The molecule has 2 N–H and O–H groups in total. The second kappa shape index (κ2) is 6.15. The van der Waals surface area contributed by atoms with Gasteiger partial charge in [0.2, 0.25) is 0 Å². The molecule has 1 unspecified atom stereocenters. The maximum atomic E-state index is 13.2. The van der Waals surface area contributed by atoms with E-state index in [0.717, 1.165) is 12.5 Å². The number of aryl methyl sites for hydroxylation is 1. The normalized spacial score (nSPS) is 13.4. The first-order chi connectivity index (χ1) is 9.84. The number of alkyl halides is 3. The zero-order valence-electron chi connectivity index (χ0n) is 11.2. The molecule has 8 heteroatoms. The van der Waals surface area contributed by atoms with Gasteiger partial charge in [-0.3, -0.25) is 0 Å². The van der Waals surface area contributed by atoms with Crippen LogP contribution in [0.25, 0.3) is 0 Å².